The van der Waals surface area contributed by atoms with Crippen molar-refractivity contribution < 1.29 is 10.2 Å². The molecule has 4 N–H and O–H groups in total. The summed E-state index contributed by atoms with van der Waals surface area (Å²) in [5.74, 6) is 0.581. The van der Waals surface area contributed by atoms with Crippen molar-refractivity contribution in [3.63, 3.8) is 0 Å². The van der Waals surface area contributed by atoms with Crippen LogP contribution in [0.5, 0.6) is 5.75 Å². The first-order chi connectivity index (χ1) is 10.1. The fraction of sp³-hybridized carbons (Fsp3) is 0.133. The molecule has 0 aliphatic rings. The Kier molecular flexibility index (Phi) is 3.57. The number of fused-ring (bicyclic) bond motifs is 1. The molecule has 0 saturated carbocycles. The second kappa shape index (κ2) is 5.38. The monoisotopic (exact) mass is 347 g/mol. The first-order valence-electron chi connectivity index (χ1n) is 6.41. The van der Waals surface area contributed by atoms with Gasteiger partial charge in [-0.05, 0) is 35.9 Å². The zero-order valence-corrected chi connectivity index (χ0v) is 12.7. The van der Waals surface area contributed by atoms with E-state index in [9.17, 15) is 10.2 Å². The molecule has 1 aromatic heterocycles. The molecule has 0 spiro atoms. The van der Waals surface area contributed by atoms with E-state index >= 15 is 0 Å². The number of imidazole rings is 1. The average molecular weight is 348 g/mol. The summed E-state index contributed by atoms with van der Waals surface area (Å²) in [6.45, 7) is 0.367. The van der Waals surface area contributed by atoms with Gasteiger partial charge in [0.1, 0.15) is 5.75 Å². The first kappa shape index (κ1) is 13.9. The second-order valence-electron chi connectivity index (χ2n) is 4.81. The largest absolute Gasteiger partial charge is 0.508 e. The fourth-order valence-electron chi connectivity index (χ4n) is 2.30. The van der Waals surface area contributed by atoms with Gasteiger partial charge in [0.05, 0.1) is 24.2 Å². The summed E-state index contributed by atoms with van der Waals surface area (Å²) in [6.07, 6.45) is 0. The van der Waals surface area contributed by atoms with Crippen molar-refractivity contribution in [1.82, 2.24) is 9.55 Å². The Morgan fingerprint density at radius 3 is 2.76 bits per heavy atom. The van der Waals surface area contributed by atoms with Crippen molar-refractivity contribution in [2.75, 3.05) is 5.73 Å². The molecule has 2 aromatic carbocycles. The van der Waals surface area contributed by atoms with Crippen LogP contribution >= 0.6 is 15.9 Å². The number of phenolic OH excluding ortho intramolecular Hbond substituents is 1. The van der Waals surface area contributed by atoms with Crippen LogP contribution < -0.4 is 5.73 Å². The summed E-state index contributed by atoms with van der Waals surface area (Å²) in [7, 11) is 0. The lowest BCUT2D eigenvalue weighted by molar-refractivity contribution is 0.282. The van der Waals surface area contributed by atoms with Crippen LogP contribution in [-0.2, 0) is 13.2 Å². The second-order valence-corrected chi connectivity index (χ2v) is 5.73. The molecule has 21 heavy (non-hydrogen) atoms. The van der Waals surface area contributed by atoms with Crippen LogP contribution in [0.2, 0.25) is 0 Å². The van der Waals surface area contributed by atoms with Crippen LogP contribution in [-0.4, -0.2) is 19.8 Å². The molecule has 1 heterocycles. The molecular formula is C15H14BrN3O2. The van der Waals surface area contributed by atoms with Gasteiger partial charge in [-0.3, -0.25) is 0 Å². The number of phenols is 1. The highest BCUT2D eigenvalue weighted by molar-refractivity contribution is 9.10. The van der Waals surface area contributed by atoms with Gasteiger partial charge < -0.3 is 20.5 Å². The van der Waals surface area contributed by atoms with Crippen LogP contribution in [0.25, 0.3) is 11.0 Å². The number of rotatable bonds is 3. The molecule has 0 saturated heterocycles. The summed E-state index contributed by atoms with van der Waals surface area (Å²) in [5.41, 5.74) is 9.11. The van der Waals surface area contributed by atoms with E-state index < -0.39 is 0 Å². The number of nitrogen functional groups attached to an aromatic ring is 1. The SMILES string of the molecule is Nc1nc2ccc(CO)cc2n1Cc1cc(Br)ccc1O. The first-order valence-corrected chi connectivity index (χ1v) is 7.20. The lowest BCUT2D eigenvalue weighted by atomic mass is 10.2. The van der Waals surface area contributed by atoms with Crippen molar-refractivity contribution in [2.45, 2.75) is 13.2 Å². The third-order valence-electron chi connectivity index (χ3n) is 3.39. The van der Waals surface area contributed by atoms with Crippen LogP contribution in [0.3, 0.4) is 0 Å². The van der Waals surface area contributed by atoms with Crippen molar-refractivity contribution in [3.8, 4) is 5.75 Å². The molecule has 0 radical (unpaired) electrons. The molecule has 0 aliphatic carbocycles. The maximum Gasteiger partial charge on any atom is 0.201 e. The van der Waals surface area contributed by atoms with Crippen molar-refractivity contribution in [1.29, 1.82) is 0 Å². The Balaban J connectivity index is 2.11. The number of halogens is 1. The predicted octanol–water partition coefficient (Wildman–Crippen LogP) is 2.63. The van der Waals surface area contributed by atoms with E-state index in [0.29, 0.717) is 12.5 Å². The molecule has 0 atom stereocenters. The average Bonchev–Trinajstić information content (AvgIpc) is 2.78. The molecule has 3 rings (SSSR count). The standard InChI is InChI=1S/C15H14BrN3O2/c16-11-2-4-14(21)10(6-11)7-19-13-5-9(8-20)1-3-12(13)18-15(19)17/h1-6,20-21H,7-8H2,(H2,17,18). The summed E-state index contributed by atoms with van der Waals surface area (Å²) in [5, 5.41) is 19.2. The van der Waals surface area contributed by atoms with Gasteiger partial charge in [0.15, 0.2) is 0 Å². The maximum atomic E-state index is 9.96. The topological polar surface area (TPSA) is 84.3 Å². The van der Waals surface area contributed by atoms with Gasteiger partial charge in [0.25, 0.3) is 0 Å². The number of nitrogens with two attached hydrogens (primary N) is 1. The Labute approximate surface area is 129 Å². The number of hydrogen-bond acceptors (Lipinski definition) is 4. The highest BCUT2D eigenvalue weighted by Crippen LogP contribution is 2.26. The molecule has 0 unspecified atom stereocenters. The molecule has 0 fully saturated rings. The van der Waals surface area contributed by atoms with Gasteiger partial charge in [0.2, 0.25) is 5.95 Å². The molecule has 3 aromatic rings. The number of aromatic nitrogens is 2. The Hall–Kier alpha value is -2.05. The molecule has 0 aliphatic heterocycles. The van der Waals surface area contributed by atoms with Crippen molar-refractivity contribution in [3.05, 3.63) is 52.0 Å². The van der Waals surface area contributed by atoms with Gasteiger partial charge in [-0.25, -0.2) is 4.98 Å². The van der Waals surface area contributed by atoms with Gasteiger partial charge in [-0.1, -0.05) is 22.0 Å². The van der Waals surface area contributed by atoms with E-state index in [1.165, 1.54) is 0 Å². The van der Waals surface area contributed by atoms with Crippen molar-refractivity contribution in [2.24, 2.45) is 0 Å². The van der Waals surface area contributed by atoms with E-state index in [4.69, 9.17) is 5.73 Å². The van der Waals surface area contributed by atoms with E-state index in [-0.39, 0.29) is 12.4 Å². The van der Waals surface area contributed by atoms with Crippen LogP contribution in [0.15, 0.2) is 40.9 Å². The zero-order valence-electron chi connectivity index (χ0n) is 11.1. The third-order valence-corrected chi connectivity index (χ3v) is 3.89. The Morgan fingerprint density at radius 2 is 2.00 bits per heavy atom. The highest BCUT2D eigenvalue weighted by atomic mass is 79.9. The van der Waals surface area contributed by atoms with Gasteiger partial charge in [-0.2, -0.15) is 0 Å². The normalized spacial score (nSPS) is 11.1. The van der Waals surface area contributed by atoms with E-state index in [1.807, 2.05) is 28.8 Å². The van der Waals surface area contributed by atoms with Crippen LogP contribution in [0.1, 0.15) is 11.1 Å². The number of aromatic hydroxyl groups is 1. The minimum Gasteiger partial charge on any atom is -0.508 e. The van der Waals surface area contributed by atoms with E-state index in [0.717, 1.165) is 26.6 Å². The molecule has 108 valence electrons. The lowest BCUT2D eigenvalue weighted by Gasteiger charge is -2.09. The maximum absolute atomic E-state index is 9.96. The lowest BCUT2D eigenvalue weighted by Crippen LogP contribution is -2.05. The van der Waals surface area contributed by atoms with E-state index in [2.05, 4.69) is 20.9 Å². The number of nitrogens with zero attached hydrogens (tertiary/aromatic N) is 2. The predicted molar refractivity (Wildman–Crippen MR) is 85.0 cm³/mol. The Morgan fingerprint density at radius 1 is 1.19 bits per heavy atom. The smallest absolute Gasteiger partial charge is 0.201 e. The summed E-state index contributed by atoms with van der Waals surface area (Å²) >= 11 is 3.39. The Bertz CT molecular complexity index is 814. The third kappa shape index (κ3) is 2.59. The molecular weight excluding hydrogens is 334 g/mol. The quantitative estimate of drug-likeness (QED) is 0.679. The number of hydrogen-bond donors (Lipinski definition) is 3. The van der Waals surface area contributed by atoms with Gasteiger partial charge in [-0.15, -0.1) is 0 Å². The number of aliphatic hydroxyl groups is 1. The summed E-state index contributed by atoms with van der Waals surface area (Å²) in [4.78, 5) is 4.30. The molecule has 6 heteroatoms. The van der Waals surface area contributed by atoms with Gasteiger partial charge in [0, 0.05) is 10.0 Å². The molecule has 5 nitrogen and oxygen atoms in total. The summed E-state index contributed by atoms with van der Waals surface area (Å²) < 4.78 is 2.70. The minimum absolute atomic E-state index is 0.0385. The zero-order chi connectivity index (χ0) is 15.0. The van der Waals surface area contributed by atoms with Gasteiger partial charge >= 0.3 is 0 Å². The number of aliphatic hydroxyl groups excluding tert-OH is 1. The molecule has 0 amide bonds. The van der Waals surface area contributed by atoms with E-state index in [1.54, 1.807) is 12.1 Å². The summed E-state index contributed by atoms with van der Waals surface area (Å²) in [6, 6.07) is 10.8. The fourth-order valence-corrected chi connectivity index (χ4v) is 2.71. The number of anilines is 1. The highest BCUT2D eigenvalue weighted by Gasteiger charge is 2.11. The van der Waals surface area contributed by atoms with Crippen LogP contribution in [0.4, 0.5) is 5.95 Å². The van der Waals surface area contributed by atoms with Crippen molar-refractivity contribution >= 4 is 32.9 Å². The minimum atomic E-state index is -0.0385. The molecule has 0 bridgehead atoms. The van der Waals surface area contributed by atoms with Crippen LogP contribution in [0, 0.1) is 0 Å². The number of benzene rings is 2.